The van der Waals surface area contributed by atoms with Gasteiger partial charge in [-0.1, -0.05) is 23.7 Å². The maximum Gasteiger partial charge on any atom is 0.337 e. The average Bonchev–Trinajstić information content (AvgIpc) is 2.55. The molecule has 22 heavy (non-hydrogen) atoms. The van der Waals surface area contributed by atoms with Crippen molar-refractivity contribution in [3.8, 4) is 0 Å². The van der Waals surface area contributed by atoms with E-state index in [9.17, 15) is 14.0 Å². The summed E-state index contributed by atoms with van der Waals surface area (Å²) in [5.41, 5.74) is 1.29. The molecular formula is C16H13ClFNO3. The number of nitrogens with one attached hydrogen (secondary N) is 1. The molecule has 0 bridgehead atoms. The summed E-state index contributed by atoms with van der Waals surface area (Å²) in [6.45, 7) is 0.196. The van der Waals surface area contributed by atoms with Gasteiger partial charge in [0.15, 0.2) is 0 Å². The molecule has 0 aliphatic rings. The first-order valence-electron chi connectivity index (χ1n) is 6.42. The van der Waals surface area contributed by atoms with Crippen molar-refractivity contribution in [2.45, 2.75) is 6.54 Å². The Bertz CT molecular complexity index is 718. The minimum Gasteiger partial charge on any atom is -0.465 e. The summed E-state index contributed by atoms with van der Waals surface area (Å²) in [6, 6.07) is 10.4. The van der Waals surface area contributed by atoms with Crippen LogP contribution in [0.4, 0.5) is 4.39 Å². The summed E-state index contributed by atoms with van der Waals surface area (Å²) in [5, 5.41) is 2.67. The lowest BCUT2D eigenvalue weighted by Crippen LogP contribution is -2.23. The van der Waals surface area contributed by atoms with E-state index >= 15 is 0 Å². The van der Waals surface area contributed by atoms with Gasteiger partial charge in [0.2, 0.25) is 0 Å². The van der Waals surface area contributed by atoms with Gasteiger partial charge in [0.25, 0.3) is 5.91 Å². The first kappa shape index (κ1) is 16.0. The van der Waals surface area contributed by atoms with Gasteiger partial charge in [-0.2, -0.15) is 0 Å². The SMILES string of the molecule is COC(=O)c1cccc(C(=O)NCc2ccc(F)c(Cl)c2)c1. The Hall–Kier alpha value is -2.40. The van der Waals surface area contributed by atoms with Crippen molar-refractivity contribution in [2.75, 3.05) is 7.11 Å². The summed E-state index contributed by atoms with van der Waals surface area (Å²) >= 11 is 5.68. The number of rotatable bonds is 4. The number of esters is 1. The van der Waals surface area contributed by atoms with Crippen LogP contribution in [0, 0.1) is 5.82 Å². The van der Waals surface area contributed by atoms with Gasteiger partial charge in [0.05, 0.1) is 17.7 Å². The molecule has 0 aromatic heterocycles. The largest absolute Gasteiger partial charge is 0.465 e. The first-order valence-corrected chi connectivity index (χ1v) is 6.79. The standard InChI is InChI=1S/C16H13ClFNO3/c1-22-16(21)12-4-2-3-11(8-12)15(20)19-9-10-5-6-14(18)13(17)7-10/h2-8H,9H2,1H3,(H,19,20). The van der Waals surface area contributed by atoms with Gasteiger partial charge < -0.3 is 10.1 Å². The quantitative estimate of drug-likeness (QED) is 0.880. The number of carbonyl (C=O) groups is 2. The molecule has 0 saturated carbocycles. The maximum atomic E-state index is 13.1. The van der Waals surface area contributed by atoms with E-state index in [2.05, 4.69) is 10.1 Å². The third-order valence-corrected chi connectivity index (χ3v) is 3.27. The molecule has 0 aliphatic heterocycles. The Labute approximate surface area is 131 Å². The molecule has 0 spiro atoms. The smallest absolute Gasteiger partial charge is 0.337 e. The normalized spacial score (nSPS) is 10.1. The molecule has 6 heteroatoms. The zero-order valence-corrected chi connectivity index (χ0v) is 12.5. The number of halogens is 2. The highest BCUT2D eigenvalue weighted by atomic mass is 35.5. The van der Waals surface area contributed by atoms with Gasteiger partial charge in [0.1, 0.15) is 5.82 Å². The van der Waals surface area contributed by atoms with E-state index in [1.54, 1.807) is 18.2 Å². The number of carbonyl (C=O) groups excluding carboxylic acids is 2. The number of hydrogen-bond donors (Lipinski definition) is 1. The van der Waals surface area contributed by atoms with Crippen LogP contribution in [0.1, 0.15) is 26.3 Å². The summed E-state index contributed by atoms with van der Waals surface area (Å²) in [6.07, 6.45) is 0. The third-order valence-electron chi connectivity index (χ3n) is 2.98. The Morgan fingerprint density at radius 3 is 2.59 bits per heavy atom. The van der Waals surface area contributed by atoms with Crippen molar-refractivity contribution >= 4 is 23.5 Å². The Kier molecular flexibility index (Phi) is 5.12. The number of hydrogen-bond acceptors (Lipinski definition) is 3. The lowest BCUT2D eigenvalue weighted by Gasteiger charge is -2.07. The predicted molar refractivity (Wildman–Crippen MR) is 80.4 cm³/mol. The lowest BCUT2D eigenvalue weighted by molar-refractivity contribution is 0.0600. The summed E-state index contributed by atoms with van der Waals surface area (Å²) in [4.78, 5) is 23.5. The van der Waals surface area contributed by atoms with Gasteiger partial charge in [0, 0.05) is 12.1 Å². The molecule has 4 nitrogen and oxygen atoms in total. The number of amides is 1. The van der Waals surface area contributed by atoms with Crippen LogP contribution < -0.4 is 5.32 Å². The van der Waals surface area contributed by atoms with Gasteiger partial charge in [-0.15, -0.1) is 0 Å². The molecule has 114 valence electrons. The highest BCUT2D eigenvalue weighted by Crippen LogP contribution is 2.16. The fourth-order valence-electron chi connectivity index (χ4n) is 1.84. The second-order valence-electron chi connectivity index (χ2n) is 4.50. The van der Waals surface area contributed by atoms with E-state index in [1.807, 2.05) is 0 Å². The van der Waals surface area contributed by atoms with Gasteiger partial charge >= 0.3 is 5.97 Å². The molecule has 2 aromatic carbocycles. The van der Waals surface area contributed by atoms with Crippen molar-refractivity contribution in [2.24, 2.45) is 0 Å². The lowest BCUT2D eigenvalue weighted by atomic mass is 10.1. The van der Waals surface area contributed by atoms with Gasteiger partial charge in [-0.3, -0.25) is 4.79 Å². The molecule has 0 saturated heterocycles. The molecule has 1 amide bonds. The van der Waals surface area contributed by atoms with E-state index in [0.29, 0.717) is 16.7 Å². The topological polar surface area (TPSA) is 55.4 Å². The van der Waals surface area contributed by atoms with Crippen LogP contribution in [0.15, 0.2) is 42.5 Å². The molecule has 0 fully saturated rings. The van der Waals surface area contributed by atoms with E-state index in [-0.39, 0.29) is 17.5 Å². The van der Waals surface area contributed by atoms with Crippen molar-refractivity contribution in [1.29, 1.82) is 0 Å². The fourth-order valence-corrected chi connectivity index (χ4v) is 2.04. The first-order chi connectivity index (χ1) is 10.5. The molecule has 0 atom stereocenters. The number of ether oxygens (including phenoxy) is 1. The zero-order valence-electron chi connectivity index (χ0n) is 11.7. The van der Waals surface area contributed by atoms with E-state index in [0.717, 1.165) is 0 Å². The van der Waals surface area contributed by atoms with E-state index in [4.69, 9.17) is 11.6 Å². The molecule has 2 aromatic rings. The van der Waals surface area contributed by atoms with E-state index < -0.39 is 11.8 Å². The molecule has 0 unspecified atom stereocenters. The summed E-state index contributed by atoms with van der Waals surface area (Å²) < 4.78 is 17.7. The maximum absolute atomic E-state index is 13.1. The highest BCUT2D eigenvalue weighted by molar-refractivity contribution is 6.30. The molecule has 2 rings (SSSR count). The van der Waals surface area contributed by atoms with Crippen LogP contribution in [-0.2, 0) is 11.3 Å². The number of methoxy groups -OCH3 is 1. The monoisotopic (exact) mass is 321 g/mol. The van der Waals surface area contributed by atoms with Gasteiger partial charge in [-0.05, 0) is 35.9 Å². The zero-order chi connectivity index (χ0) is 16.1. The molecular weight excluding hydrogens is 309 g/mol. The van der Waals surface area contributed by atoms with Crippen LogP contribution in [-0.4, -0.2) is 19.0 Å². The van der Waals surface area contributed by atoms with Crippen LogP contribution in [0.3, 0.4) is 0 Å². The Morgan fingerprint density at radius 2 is 1.91 bits per heavy atom. The summed E-state index contributed by atoms with van der Waals surface area (Å²) in [5.74, 6) is -1.38. The molecule has 1 N–H and O–H groups in total. The molecule has 0 heterocycles. The molecule has 0 radical (unpaired) electrons. The minimum atomic E-state index is -0.514. The summed E-state index contributed by atoms with van der Waals surface area (Å²) in [7, 11) is 1.27. The molecule has 0 aliphatic carbocycles. The highest BCUT2D eigenvalue weighted by Gasteiger charge is 2.10. The third kappa shape index (κ3) is 3.83. The Morgan fingerprint density at radius 1 is 1.18 bits per heavy atom. The van der Waals surface area contributed by atoms with Crippen molar-refractivity contribution in [1.82, 2.24) is 5.32 Å². The Balaban J connectivity index is 2.06. The minimum absolute atomic E-state index is 0.000521. The van der Waals surface area contributed by atoms with Crippen molar-refractivity contribution < 1.29 is 18.7 Å². The second-order valence-corrected chi connectivity index (χ2v) is 4.91. The van der Waals surface area contributed by atoms with Crippen LogP contribution in [0.5, 0.6) is 0 Å². The van der Waals surface area contributed by atoms with Crippen molar-refractivity contribution in [3.63, 3.8) is 0 Å². The van der Waals surface area contributed by atoms with Crippen molar-refractivity contribution in [3.05, 3.63) is 70.0 Å². The average molecular weight is 322 g/mol. The number of benzene rings is 2. The second kappa shape index (κ2) is 7.04. The van der Waals surface area contributed by atoms with Crippen LogP contribution >= 0.6 is 11.6 Å². The van der Waals surface area contributed by atoms with Crippen LogP contribution in [0.25, 0.3) is 0 Å². The fraction of sp³-hybridized carbons (Fsp3) is 0.125. The van der Waals surface area contributed by atoms with Crippen LogP contribution in [0.2, 0.25) is 5.02 Å². The van der Waals surface area contributed by atoms with E-state index in [1.165, 1.54) is 31.4 Å². The van der Waals surface area contributed by atoms with Gasteiger partial charge in [-0.25, -0.2) is 9.18 Å². The predicted octanol–water partition coefficient (Wildman–Crippen LogP) is 3.20.